The predicted molar refractivity (Wildman–Crippen MR) is 131 cm³/mol. The van der Waals surface area contributed by atoms with Crippen molar-refractivity contribution < 1.29 is 14.3 Å². The van der Waals surface area contributed by atoms with Crippen molar-refractivity contribution >= 4 is 23.2 Å². The first-order valence-corrected chi connectivity index (χ1v) is 12.4. The molecule has 0 spiro atoms. The van der Waals surface area contributed by atoms with Gasteiger partial charge in [0.15, 0.2) is 0 Å². The fourth-order valence-electron chi connectivity index (χ4n) is 4.39. The van der Waals surface area contributed by atoms with Gasteiger partial charge in [-0.2, -0.15) is 0 Å². The number of amides is 2. The highest BCUT2D eigenvalue weighted by Crippen LogP contribution is 2.28. The Balaban J connectivity index is 1.69. The number of carbonyl (C=O) groups excluding carboxylic acids is 2. The fourth-order valence-corrected chi connectivity index (χ4v) is 5.06. The van der Waals surface area contributed by atoms with Crippen LogP contribution in [0.2, 0.25) is 0 Å². The van der Waals surface area contributed by atoms with E-state index in [1.54, 1.807) is 12.0 Å². The molecule has 2 aromatic carbocycles. The zero-order chi connectivity index (χ0) is 23.0. The lowest BCUT2D eigenvalue weighted by Crippen LogP contribution is -2.46. The van der Waals surface area contributed by atoms with Crippen molar-refractivity contribution in [2.75, 3.05) is 7.11 Å². The van der Waals surface area contributed by atoms with Crippen LogP contribution < -0.4 is 10.1 Å². The minimum Gasteiger partial charge on any atom is -0.497 e. The number of thiophene rings is 1. The van der Waals surface area contributed by atoms with E-state index in [4.69, 9.17) is 4.74 Å². The van der Waals surface area contributed by atoms with Crippen LogP contribution in [0.15, 0.2) is 72.1 Å². The Bertz CT molecular complexity index is 1030. The van der Waals surface area contributed by atoms with Gasteiger partial charge in [0.2, 0.25) is 5.91 Å². The maximum absolute atomic E-state index is 13.7. The second-order valence-electron chi connectivity index (χ2n) is 8.42. The van der Waals surface area contributed by atoms with Crippen molar-refractivity contribution in [1.29, 1.82) is 0 Å². The molecule has 4 rings (SSSR count). The first kappa shape index (κ1) is 23.1. The third-order valence-corrected chi connectivity index (χ3v) is 6.99. The van der Waals surface area contributed by atoms with E-state index in [0.29, 0.717) is 11.4 Å². The van der Waals surface area contributed by atoms with Gasteiger partial charge >= 0.3 is 0 Å². The summed E-state index contributed by atoms with van der Waals surface area (Å²) in [5.74, 6) is 0.490. The van der Waals surface area contributed by atoms with Gasteiger partial charge in [-0.25, -0.2) is 0 Å². The van der Waals surface area contributed by atoms with Crippen LogP contribution in [0.3, 0.4) is 0 Å². The molecule has 1 atom stereocenters. The van der Waals surface area contributed by atoms with Gasteiger partial charge < -0.3 is 15.0 Å². The maximum Gasteiger partial charge on any atom is 0.265 e. The molecule has 2 amide bonds. The molecule has 0 saturated heterocycles. The number of carbonyl (C=O) groups is 2. The van der Waals surface area contributed by atoms with Gasteiger partial charge in [0.25, 0.3) is 5.91 Å². The van der Waals surface area contributed by atoms with E-state index in [1.807, 2.05) is 72.1 Å². The number of ether oxygens (including phenoxy) is 1. The van der Waals surface area contributed by atoms with Gasteiger partial charge in [-0.05, 0) is 47.5 Å². The first-order valence-electron chi connectivity index (χ1n) is 11.5. The van der Waals surface area contributed by atoms with Crippen LogP contribution in [-0.2, 0) is 11.3 Å². The topological polar surface area (TPSA) is 58.6 Å². The van der Waals surface area contributed by atoms with Gasteiger partial charge in [-0.3, -0.25) is 9.59 Å². The van der Waals surface area contributed by atoms with Crippen molar-refractivity contribution in [3.8, 4) is 5.75 Å². The molecule has 1 aliphatic rings. The molecule has 0 radical (unpaired) electrons. The van der Waals surface area contributed by atoms with Gasteiger partial charge in [-0.15, -0.1) is 11.3 Å². The lowest BCUT2D eigenvalue weighted by Gasteiger charge is -2.33. The van der Waals surface area contributed by atoms with Gasteiger partial charge in [0.05, 0.1) is 12.0 Å². The number of hydrogen-bond donors (Lipinski definition) is 1. The van der Waals surface area contributed by atoms with Crippen molar-refractivity contribution in [1.82, 2.24) is 10.2 Å². The van der Waals surface area contributed by atoms with Crippen LogP contribution in [0, 0.1) is 0 Å². The van der Waals surface area contributed by atoms with Crippen LogP contribution in [0.25, 0.3) is 0 Å². The van der Waals surface area contributed by atoms with Crippen LogP contribution in [0.4, 0.5) is 0 Å². The van der Waals surface area contributed by atoms with E-state index in [2.05, 4.69) is 5.32 Å². The third kappa shape index (κ3) is 5.82. The predicted octanol–water partition coefficient (Wildman–Crippen LogP) is 5.59. The van der Waals surface area contributed by atoms with Crippen LogP contribution in [0.1, 0.15) is 58.9 Å². The van der Waals surface area contributed by atoms with E-state index < -0.39 is 6.04 Å². The number of methoxy groups -OCH3 is 1. The number of benzene rings is 2. The zero-order valence-electron chi connectivity index (χ0n) is 18.9. The highest BCUT2D eigenvalue weighted by molar-refractivity contribution is 7.12. The van der Waals surface area contributed by atoms with Crippen LogP contribution in [-0.4, -0.2) is 29.9 Å². The molecule has 1 N–H and O–H groups in total. The van der Waals surface area contributed by atoms with E-state index in [1.165, 1.54) is 17.8 Å². The van der Waals surface area contributed by atoms with Crippen molar-refractivity contribution in [2.24, 2.45) is 0 Å². The minimum absolute atomic E-state index is 0.119. The average molecular weight is 463 g/mol. The van der Waals surface area contributed by atoms with E-state index in [9.17, 15) is 9.59 Å². The summed E-state index contributed by atoms with van der Waals surface area (Å²) < 4.78 is 5.28. The molecule has 0 unspecified atom stereocenters. The molecule has 3 aromatic rings. The monoisotopic (exact) mass is 462 g/mol. The van der Waals surface area contributed by atoms with Crippen molar-refractivity contribution in [3.05, 3.63) is 88.1 Å². The molecule has 1 aromatic heterocycles. The van der Waals surface area contributed by atoms with Gasteiger partial charge in [-0.1, -0.05) is 67.8 Å². The van der Waals surface area contributed by atoms with Crippen molar-refractivity contribution in [2.45, 2.75) is 50.7 Å². The highest BCUT2D eigenvalue weighted by atomic mass is 32.1. The van der Waals surface area contributed by atoms with Crippen LogP contribution >= 0.6 is 11.3 Å². The molecular formula is C27H30N2O3S. The standard InChI is InChI=1S/C27H30N2O3S/c1-32-23-16-14-20(15-17-23)19-29(27(31)24-13-8-18-33-24)25(21-9-4-2-5-10-21)26(30)28-22-11-6-3-7-12-22/h2,4-5,8-10,13-18,22,25H,3,6-7,11-12,19H2,1H3,(H,28,30)/t25-/m1/s1. The van der Waals surface area contributed by atoms with E-state index in [-0.39, 0.29) is 17.9 Å². The quantitative estimate of drug-likeness (QED) is 0.475. The summed E-state index contributed by atoms with van der Waals surface area (Å²) in [6.45, 7) is 0.318. The Hall–Kier alpha value is -3.12. The second-order valence-corrected chi connectivity index (χ2v) is 9.36. The minimum atomic E-state index is -0.718. The first-order chi connectivity index (χ1) is 16.2. The third-order valence-electron chi connectivity index (χ3n) is 6.13. The maximum atomic E-state index is 13.7. The fraction of sp³-hybridized carbons (Fsp3) is 0.333. The lowest BCUT2D eigenvalue weighted by atomic mass is 9.94. The SMILES string of the molecule is COc1ccc(CN(C(=O)c2cccs2)[C@@H](C(=O)NC2CCCCC2)c2ccccc2)cc1. The molecule has 5 nitrogen and oxygen atoms in total. The Morgan fingerprint density at radius 3 is 2.36 bits per heavy atom. The van der Waals surface area contributed by atoms with Crippen LogP contribution in [0.5, 0.6) is 5.75 Å². The van der Waals surface area contributed by atoms with E-state index >= 15 is 0 Å². The number of hydrogen-bond acceptors (Lipinski definition) is 4. The Morgan fingerprint density at radius 1 is 1.00 bits per heavy atom. The van der Waals surface area contributed by atoms with Crippen molar-refractivity contribution in [3.63, 3.8) is 0 Å². The summed E-state index contributed by atoms with van der Waals surface area (Å²) in [5, 5.41) is 5.14. The summed E-state index contributed by atoms with van der Waals surface area (Å²) in [6, 6.07) is 20.4. The number of nitrogens with one attached hydrogen (secondary N) is 1. The molecule has 0 bridgehead atoms. The molecular weight excluding hydrogens is 432 g/mol. The smallest absolute Gasteiger partial charge is 0.265 e. The molecule has 1 heterocycles. The van der Waals surface area contributed by atoms with Gasteiger partial charge in [0, 0.05) is 12.6 Å². The zero-order valence-corrected chi connectivity index (χ0v) is 19.7. The molecule has 1 fully saturated rings. The summed E-state index contributed by atoms with van der Waals surface area (Å²) in [5.41, 5.74) is 1.75. The average Bonchev–Trinajstić information content (AvgIpc) is 3.40. The molecule has 1 aliphatic carbocycles. The normalized spacial score (nSPS) is 14.9. The molecule has 1 saturated carbocycles. The number of rotatable bonds is 8. The Kier molecular flexibility index (Phi) is 7.79. The summed E-state index contributed by atoms with van der Waals surface area (Å²) in [6.07, 6.45) is 5.46. The molecule has 33 heavy (non-hydrogen) atoms. The summed E-state index contributed by atoms with van der Waals surface area (Å²) in [7, 11) is 1.63. The lowest BCUT2D eigenvalue weighted by molar-refractivity contribution is -0.127. The second kappa shape index (κ2) is 11.1. The molecule has 6 heteroatoms. The Morgan fingerprint density at radius 2 is 1.73 bits per heavy atom. The molecule has 172 valence electrons. The Labute approximate surface area is 199 Å². The number of nitrogens with zero attached hydrogens (tertiary/aromatic N) is 1. The summed E-state index contributed by atoms with van der Waals surface area (Å²) >= 11 is 1.39. The highest BCUT2D eigenvalue weighted by Gasteiger charge is 2.33. The molecule has 0 aliphatic heterocycles. The summed E-state index contributed by atoms with van der Waals surface area (Å²) in [4.78, 5) is 29.7. The largest absolute Gasteiger partial charge is 0.497 e. The van der Waals surface area contributed by atoms with E-state index in [0.717, 1.165) is 42.6 Å². The van der Waals surface area contributed by atoms with Gasteiger partial charge in [0.1, 0.15) is 11.8 Å².